The summed E-state index contributed by atoms with van der Waals surface area (Å²) in [6.45, 7) is 6.42. The third-order valence-corrected chi connectivity index (χ3v) is 9.14. The van der Waals surface area contributed by atoms with Crippen molar-refractivity contribution in [1.29, 1.82) is 0 Å². The Morgan fingerprint density at radius 1 is 0.658 bits per heavy atom. The predicted molar refractivity (Wildman–Crippen MR) is 126 cm³/mol. The third-order valence-electron chi connectivity index (χ3n) is 9.14. The zero-order valence-corrected chi connectivity index (χ0v) is 22.0. The standard InChI is InChI=1S/C13H20N2O4.C13H18N2O4/c2*1-14-4-6-15(7-5-14)12(16)10-8-2-3-9(19-8)11(10)13(17)18/h8-11H,2-7H2,1H3,(H,17,18);2-3,8-11H,4-7H2,1H3,(H,17,18)/t2*8-,9+,10?,11?/m00/s1. The van der Waals surface area contributed by atoms with E-state index in [9.17, 15) is 29.4 Å². The number of hydrogen-bond donors (Lipinski definition) is 2. The van der Waals surface area contributed by atoms with Gasteiger partial charge in [0.05, 0.1) is 103 Å². The van der Waals surface area contributed by atoms with Crippen molar-refractivity contribution >= 4 is 23.8 Å². The predicted octanol–water partition coefficient (Wildman–Crippen LogP) is -6.45. The summed E-state index contributed by atoms with van der Waals surface area (Å²) in [5.41, 5.74) is 0. The molecule has 6 rings (SSSR count). The average Bonchev–Trinajstić information content (AvgIpc) is 3.70. The zero-order chi connectivity index (χ0) is 27.1. The molecule has 0 aromatic heterocycles. The molecule has 38 heavy (non-hydrogen) atoms. The number of amides is 2. The van der Waals surface area contributed by atoms with E-state index < -0.39 is 47.8 Å². The molecule has 5 saturated heterocycles. The maximum Gasteiger partial charge on any atom is 0.229 e. The summed E-state index contributed by atoms with van der Waals surface area (Å²) in [7, 11) is 4.20. The summed E-state index contributed by atoms with van der Waals surface area (Å²) in [5.74, 6) is -5.19. The first-order valence-electron chi connectivity index (χ1n) is 13.8. The van der Waals surface area contributed by atoms with Gasteiger partial charge in [-0.25, -0.2) is 0 Å². The summed E-state index contributed by atoms with van der Waals surface area (Å²) in [6.07, 6.45) is 3.63. The van der Waals surface area contributed by atoms with Gasteiger partial charge in [-0.1, -0.05) is 12.2 Å². The molecule has 6 aliphatic heterocycles. The van der Waals surface area contributed by atoms with Gasteiger partial charge in [-0.2, -0.15) is 0 Å². The molecule has 4 bridgehead atoms. The molecule has 2 N–H and O–H groups in total. The van der Waals surface area contributed by atoms with Gasteiger partial charge in [-0.15, -0.1) is 0 Å². The fourth-order valence-electron chi connectivity index (χ4n) is 6.81. The van der Waals surface area contributed by atoms with Crippen LogP contribution >= 0.6 is 0 Å². The second kappa shape index (κ2) is 10.9. The van der Waals surface area contributed by atoms with E-state index in [1.165, 1.54) is 9.80 Å². The van der Waals surface area contributed by atoms with E-state index in [4.69, 9.17) is 9.47 Å². The number of nitrogens with one attached hydrogen (secondary N) is 2. The SMILES string of the molecule is C[NH+]1CCN(C(=O)C2C(C(=O)[O-])[C@H]3C=C[C@@H]2O3)CC1.C[NH+]1CCN(C(=O)C2C(C(=O)[O-])[C@H]3CC[C@@H]2O3)CC1. The lowest BCUT2D eigenvalue weighted by atomic mass is 9.78. The normalized spacial score (nSPS) is 38.3. The van der Waals surface area contributed by atoms with E-state index in [0.717, 1.165) is 39.0 Å². The highest BCUT2D eigenvalue weighted by Crippen LogP contribution is 2.44. The number of piperazine rings is 2. The van der Waals surface area contributed by atoms with Crippen LogP contribution in [0.1, 0.15) is 12.8 Å². The molecule has 0 spiro atoms. The Balaban J connectivity index is 0.000000155. The number of fused-ring (bicyclic) bond motifs is 4. The molecule has 0 aromatic rings. The van der Waals surface area contributed by atoms with E-state index in [1.807, 2.05) is 0 Å². The Labute approximate surface area is 222 Å². The van der Waals surface area contributed by atoms with E-state index in [2.05, 4.69) is 14.1 Å². The highest BCUT2D eigenvalue weighted by atomic mass is 16.5. The van der Waals surface area contributed by atoms with Crippen LogP contribution < -0.4 is 20.0 Å². The quantitative estimate of drug-likeness (QED) is 0.339. The number of carboxylic acid groups (broad SMARTS) is 2. The van der Waals surface area contributed by atoms with Gasteiger partial charge in [0.2, 0.25) is 11.8 Å². The molecule has 0 aromatic carbocycles. The number of carbonyl (C=O) groups excluding carboxylic acids is 4. The molecule has 6 aliphatic rings. The van der Waals surface area contributed by atoms with Gasteiger partial charge in [-0.3, -0.25) is 9.59 Å². The number of carbonyl (C=O) groups is 4. The van der Waals surface area contributed by atoms with Gasteiger partial charge in [0, 0.05) is 23.8 Å². The van der Waals surface area contributed by atoms with Crippen molar-refractivity contribution in [2.45, 2.75) is 37.3 Å². The van der Waals surface area contributed by atoms with Gasteiger partial charge < -0.3 is 48.9 Å². The number of carboxylic acids is 2. The topological polar surface area (TPSA) is 148 Å². The van der Waals surface area contributed by atoms with Crippen LogP contribution in [0.25, 0.3) is 0 Å². The summed E-state index contributed by atoms with van der Waals surface area (Å²) < 4.78 is 11.1. The van der Waals surface area contributed by atoms with Gasteiger partial charge in [0.1, 0.15) is 0 Å². The first kappa shape index (κ1) is 27.0. The molecule has 0 radical (unpaired) electrons. The number of nitrogens with zero attached hydrogens (tertiary/aromatic N) is 2. The van der Waals surface area contributed by atoms with Crippen LogP contribution in [-0.2, 0) is 28.7 Å². The van der Waals surface area contributed by atoms with Crippen molar-refractivity contribution in [3.63, 3.8) is 0 Å². The number of hydrogen-bond acceptors (Lipinski definition) is 8. The molecule has 2 amide bonds. The molecule has 0 aliphatic carbocycles. The summed E-state index contributed by atoms with van der Waals surface area (Å²) in [6, 6.07) is 0. The third kappa shape index (κ3) is 5.06. The Bertz CT molecular complexity index is 974. The number of likely N-dealkylation sites (N-methyl/N-ethyl adjacent to an activating group) is 2. The maximum absolute atomic E-state index is 12.6. The van der Waals surface area contributed by atoms with Crippen molar-refractivity contribution in [2.24, 2.45) is 23.7 Å². The smallest absolute Gasteiger partial charge is 0.229 e. The average molecular weight is 535 g/mol. The molecular weight excluding hydrogens is 496 g/mol. The number of ether oxygens (including phenoxy) is 2. The number of aliphatic carboxylic acids is 2. The lowest BCUT2D eigenvalue weighted by molar-refractivity contribution is -0.883. The Morgan fingerprint density at radius 3 is 1.55 bits per heavy atom. The molecule has 12 nitrogen and oxygen atoms in total. The van der Waals surface area contributed by atoms with Gasteiger partial charge in [0.15, 0.2) is 0 Å². The van der Waals surface area contributed by atoms with Crippen LogP contribution in [0.15, 0.2) is 12.2 Å². The molecule has 12 heteroatoms. The molecule has 5 fully saturated rings. The Morgan fingerprint density at radius 2 is 1.08 bits per heavy atom. The minimum Gasteiger partial charge on any atom is -0.550 e. The molecule has 8 atom stereocenters. The lowest BCUT2D eigenvalue weighted by Crippen LogP contribution is -3.12. The fourth-order valence-corrected chi connectivity index (χ4v) is 6.81. The maximum atomic E-state index is 12.6. The monoisotopic (exact) mass is 534 g/mol. The molecular formula is C26H38N4O8. The van der Waals surface area contributed by atoms with Crippen LogP contribution in [0.2, 0.25) is 0 Å². The van der Waals surface area contributed by atoms with Crippen LogP contribution in [0.4, 0.5) is 0 Å². The number of quaternary nitrogens is 2. The van der Waals surface area contributed by atoms with Crippen LogP contribution in [0.3, 0.4) is 0 Å². The Hall–Kier alpha value is -2.54. The summed E-state index contributed by atoms with van der Waals surface area (Å²) in [4.78, 5) is 54.0. The van der Waals surface area contributed by atoms with Crippen molar-refractivity contribution in [2.75, 3.05) is 66.5 Å². The Kier molecular flexibility index (Phi) is 7.77. The van der Waals surface area contributed by atoms with E-state index in [-0.39, 0.29) is 24.0 Å². The summed E-state index contributed by atoms with van der Waals surface area (Å²) >= 11 is 0. The van der Waals surface area contributed by atoms with E-state index in [0.29, 0.717) is 26.2 Å². The van der Waals surface area contributed by atoms with Crippen LogP contribution in [0.5, 0.6) is 0 Å². The van der Waals surface area contributed by atoms with E-state index in [1.54, 1.807) is 22.0 Å². The summed E-state index contributed by atoms with van der Waals surface area (Å²) in [5, 5.41) is 22.5. The molecule has 4 unspecified atom stereocenters. The van der Waals surface area contributed by atoms with E-state index >= 15 is 0 Å². The van der Waals surface area contributed by atoms with Gasteiger partial charge in [-0.05, 0) is 12.8 Å². The van der Waals surface area contributed by atoms with Crippen molar-refractivity contribution in [3.05, 3.63) is 12.2 Å². The van der Waals surface area contributed by atoms with Gasteiger partial charge >= 0.3 is 0 Å². The van der Waals surface area contributed by atoms with Crippen molar-refractivity contribution in [3.8, 4) is 0 Å². The second-order valence-corrected chi connectivity index (χ2v) is 11.5. The second-order valence-electron chi connectivity index (χ2n) is 11.5. The molecule has 6 heterocycles. The van der Waals surface area contributed by atoms with Gasteiger partial charge in [0.25, 0.3) is 0 Å². The van der Waals surface area contributed by atoms with Crippen molar-refractivity contribution in [1.82, 2.24) is 9.80 Å². The minimum absolute atomic E-state index is 0.0473. The number of rotatable bonds is 4. The fraction of sp³-hybridized carbons (Fsp3) is 0.769. The highest BCUT2D eigenvalue weighted by Gasteiger charge is 2.54. The zero-order valence-electron chi connectivity index (χ0n) is 22.0. The van der Waals surface area contributed by atoms with Crippen molar-refractivity contribution < 1.29 is 48.7 Å². The molecule has 0 saturated carbocycles. The first-order valence-corrected chi connectivity index (χ1v) is 13.8. The lowest BCUT2D eigenvalue weighted by Gasteiger charge is -2.35. The molecule has 210 valence electrons. The highest BCUT2D eigenvalue weighted by molar-refractivity contribution is 5.87. The van der Waals surface area contributed by atoms with Crippen LogP contribution in [-0.4, -0.2) is 124 Å². The first-order chi connectivity index (χ1) is 18.2. The minimum atomic E-state index is -1.19. The van der Waals surface area contributed by atoms with Crippen LogP contribution in [0, 0.1) is 23.7 Å². The largest absolute Gasteiger partial charge is 0.550 e.